The first-order chi connectivity index (χ1) is 7.68. The Labute approximate surface area is 98.5 Å². The van der Waals surface area contributed by atoms with Crippen LogP contribution in [0.5, 0.6) is 0 Å². The molecule has 2 heterocycles. The predicted octanol–water partition coefficient (Wildman–Crippen LogP) is 0.657. The fourth-order valence-electron chi connectivity index (χ4n) is 2.28. The van der Waals surface area contributed by atoms with E-state index in [0.717, 1.165) is 32.0 Å². The molecule has 0 aromatic heterocycles. The Morgan fingerprint density at radius 3 is 2.81 bits per heavy atom. The molecule has 2 N–H and O–H groups in total. The second-order valence-corrected chi connectivity index (χ2v) is 5.48. The fourth-order valence-corrected chi connectivity index (χ4v) is 2.28. The normalized spacial score (nSPS) is 25.8. The van der Waals surface area contributed by atoms with Crippen molar-refractivity contribution in [2.75, 3.05) is 39.8 Å². The SMILES string of the molecule is CN1CCC(C)(CNC2=NCCCN2)CC1. The molecular weight excluding hydrogens is 200 g/mol. The van der Waals surface area contributed by atoms with Gasteiger partial charge in [-0.1, -0.05) is 6.92 Å². The lowest BCUT2D eigenvalue weighted by atomic mass is 9.80. The number of nitrogens with zero attached hydrogens (tertiary/aromatic N) is 2. The fraction of sp³-hybridized carbons (Fsp3) is 0.917. The number of piperidine rings is 1. The van der Waals surface area contributed by atoms with Crippen LogP contribution >= 0.6 is 0 Å². The number of hydrogen-bond donors (Lipinski definition) is 2. The van der Waals surface area contributed by atoms with Crippen LogP contribution in [-0.4, -0.2) is 50.6 Å². The minimum Gasteiger partial charge on any atom is -0.356 e. The van der Waals surface area contributed by atoms with Gasteiger partial charge in [0.05, 0.1) is 0 Å². The van der Waals surface area contributed by atoms with Crippen LogP contribution in [0, 0.1) is 5.41 Å². The van der Waals surface area contributed by atoms with Crippen molar-refractivity contribution in [2.24, 2.45) is 10.4 Å². The van der Waals surface area contributed by atoms with E-state index < -0.39 is 0 Å². The molecule has 16 heavy (non-hydrogen) atoms. The highest BCUT2D eigenvalue weighted by molar-refractivity contribution is 5.80. The zero-order valence-corrected chi connectivity index (χ0v) is 10.6. The standard InChI is InChI=1S/C12H24N4/c1-12(4-8-16(2)9-5-12)10-15-11-13-6-3-7-14-11/h3-10H2,1-2H3,(H2,13,14,15). The third-order valence-electron chi connectivity index (χ3n) is 3.77. The topological polar surface area (TPSA) is 39.7 Å². The average Bonchev–Trinajstić information content (AvgIpc) is 2.33. The highest BCUT2D eigenvalue weighted by Crippen LogP contribution is 2.29. The van der Waals surface area contributed by atoms with Gasteiger partial charge >= 0.3 is 0 Å². The van der Waals surface area contributed by atoms with Crippen molar-refractivity contribution >= 4 is 5.96 Å². The van der Waals surface area contributed by atoms with Crippen LogP contribution in [0.2, 0.25) is 0 Å². The van der Waals surface area contributed by atoms with Gasteiger partial charge < -0.3 is 15.5 Å². The lowest BCUT2D eigenvalue weighted by Gasteiger charge is -2.38. The molecule has 1 fully saturated rings. The van der Waals surface area contributed by atoms with Crippen molar-refractivity contribution in [2.45, 2.75) is 26.2 Å². The number of rotatable bonds is 2. The van der Waals surface area contributed by atoms with E-state index in [-0.39, 0.29) is 0 Å². The van der Waals surface area contributed by atoms with Gasteiger partial charge in [-0.3, -0.25) is 4.99 Å². The van der Waals surface area contributed by atoms with E-state index in [4.69, 9.17) is 0 Å². The Bertz CT molecular complexity index is 254. The first-order valence-corrected chi connectivity index (χ1v) is 6.39. The number of nitrogens with one attached hydrogen (secondary N) is 2. The zero-order valence-electron chi connectivity index (χ0n) is 10.6. The monoisotopic (exact) mass is 224 g/mol. The lowest BCUT2D eigenvalue weighted by molar-refractivity contribution is 0.142. The van der Waals surface area contributed by atoms with Gasteiger partial charge in [-0.2, -0.15) is 0 Å². The molecule has 0 atom stereocenters. The van der Waals surface area contributed by atoms with E-state index in [2.05, 4.69) is 34.5 Å². The van der Waals surface area contributed by atoms with Crippen molar-refractivity contribution in [1.82, 2.24) is 15.5 Å². The Morgan fingerprint density at radius 1 is 1.44 bits per heavy atom. The molecule has 2 aliphatic rings. The highest BCUT2D eigenvalue weighted by atomic mass is 15.2. The van der Waals surface area contributed by atoms with Crippen LogP contribution in [0.25, 0.3) is 0 Å². The smallest absolute Gasteiger partial charge is 0.191 e. The van der Waals surface area contributed by atoms with Gasteiger partial charge in [0.2, 0.25) is 0 Å². The van der Waals surface area contributed by atoms with Gasteiger partial charge in [-0.05, 0) is 44.8 Å². The summed E-state index contributed by atoms with van der Waals surface area (Å²) in [6.45, 7) is 7.90. The third kappa shape index (κ3) is 3.11. The van der Waals surface area contributed by atoms with Crippen molar-refractivity contribution in [3.8, 4) is 0 Å². The number of guanidine groups is 1. The molecule has 0 aliphatic carbocycles. The van der Waals surface area contributed by atoms with E-state index in [1.807, 2.05) is 0 Å². The molecule has 4 heteroatoms. The van der Waals surface area contributed by atoms with E-state index >= 15 is 0 Å². The van der Waals surface area contributed by atoms with Crippen LogP contribution in [0.1, 0.15) is 26.2 Å². The molecule has 0 bridgehead atoms. The minimum absolute atomic E-state index is 0.439. The summed E-state index contributed by atoms with van der Waals surface area (Å²) < 4.78 is 0. The molecule has 1 saturated heterocycles. The first kappa shape index (κ1) is 11.7. The largest absolute Gasteiger partial charge is 0.356 e. The zero-order chi connectivity index (χ0) is 11.4. The summed E-state index contributed by atoms with van der Waals surface area (Å²) in [5, 5.41) is 6.78. The quantitative estimate of drug-likeness (QED) is 0.724. The van der Waals surface area contributed by atoms with Crippen molar-refractivity contribution in [3.05, 3.63) is 0 Å². The molecule has 0 aromatic rings. The first-order valence-electron chi connectivity index (χ1n) is 6.39. The number of hydrogen-bond acceptors (Lipinski definition) is 4. The molecule has 0 aromatic carbocycles. The summed E-state index contributed by atoms with van der Waals surface area (Å²) in [6, 6.07) is 0. The Morgan fingerprint density at radius 2 is 2.19 bits per heavy atom. The van der Waals surface area contributed by atoms with Gasteiger partial charge in [0.1, 0.15) is 0 Å². The van der Waals surface area contributed by atoms with Crippen LogP contribution in [0.15, 0.2) is 4.99 Å². The molecule has 0 saturated carbocycles. The van der Waals surface area contributed by atoms with Crippen molar-refractivity contribution in [3.63, 3.8) is 0 Å². The maximum Gasteiger partial charge on any atom is 0.191 e. The minimum atomic E-state index is 0.439. The van der Waals surface area contributed by atoms with Crippen molar-refractivity contribution in [1.29, 1.82) is 0 Å². The van der Waals surface area contributed by atoms with Gasteiger partial charge in [-0.15, -0.1) is 0 Å². The van der Waals surface area contributed by atoms with Crippen LogP contribution < -0.4 is 10.6 Å². The molecule has 0 amide bonds. The number of likely N-dealkylation sites (tertiary alicyclic amines) is 1. The van der Waals surface area contributed by atoms with E-state index in [0.29, 0.717) is 5.41 Å². The maximum atomic E-state index is 4.44. The van der Waals surface area contributed by atoms with E-state index in [9.17, 15) is 0 Å². The average molecular weight is 224 g/mol. The lowest BCUT2D eigenvalue weighted by Crippen LogP contribution is -2.48. The molecule has 0 radical (unpaired) electrons. The Balaban J connectivity index is 1.78. The molecule has 92 valence electrons. The van der Waals surface area contributed by atoms with Gasteiger partial charge in [0.25, 0.3) is 0 Å². The van der Waals surface area contributed by atoms with E-state index in [1.165, 1.54) is 25.9 Å². The molecule has 4 nitrogen and oxygen atoms in total. The number of aliphatic imine (C=N–C) groups is 1. The summed E-state index contributed by atoms with van der Waals surface area (Å²) >= 11 is 0. The van der Waals surface area contributed by atoms with E-state index in [1.54, 1.807) is 0 Å². The molecule has 0 unspecified atom stereocenters. The molecule has 0 spiro atoms. The van der Waals surface area contributed by atoms with Gasteiger partial charge in [0, 0.05) is 19.6 Å². The maximum absolute atomic E-state index is 4.44. The summed E-state index contributed by atoms with van der Waals surface area (Å²) in [4.78, 5) is 6.86. The Hall–Kier alpha value is -0.770. The van der Waals surface area contributed by atoms with Gasteiger partial charge in [0.15, 0.2) is 5.96 Å². The predicted molar refractivity (Wildman–Crippen MR) is 67.8 cm³/mol. The summed E-state index contributed by atoms with van der Waals surface area (Å²) in [6.07, 6.45) is 3.72. The second-order valence-electron chi connectivity index (χ2n) is 5.48. The summed E-state index contributed by atoms with van der Waals surface area (Å²) in [5.41, 5.74) is 0.439. The second kappa shape index (κ2) is 5.04. The molecule has 2 aliphatic heterocycles. The highest BCUT2D eigenvalue weighted by Gasteiger charge is 2.28. The Kier molecular flexibility index (Phi) is 3.69. The summed E-state index contributed by atoms with van der Waals surface area (Å²) in [5.74, 6) is 1.01. The van der Waals surface area contributed by atoms with Crippen LogP contribution in [-0.2, 0) is 0 Å². The van der Waals surface area contributed by atoms with Crippen LogP contribution in [0.4, 0.5) is 0 Å². The molecular formula is C12H24N4. The molecule has 2 rings (SSSR count). The summed E-state index contributed by atoms with van der Waals surface area (Å²) in [7, 11) is 2.21. The van der Waals surface area contributed by atoms with Crippen LogP contribution in [0.3, 0.4) is 0 Å². The van der Waals surface area contributed by atoms with Gasteiger partial charge in [-0.25, -0.2) is 0 Å². The third-order valence-corrected chi connectivity index (χ3v) is 3.77. The van der Waals surface area contributed by atoms with Crippen molar-refractivity contribution < 1.29 is 0 Å².